The van der Waals surface area contributed by atoms with Gasteiger partial charge >= 0.3 is 0 Å². The Kier molecular flexibility index (Phi) is 11.5. The zero-order valence-electron chi connectivity index (χ0n) is 27.0. The highest BCUT2D eigenvalue weighted by atomic mass is 32.2. The molecule has 5 aromatic rings. The van der Waals surface area contributed by atoms with Gasteiger partial charge in [-0.2, -0.15) is 0 Å². The highest BCUT2D eigenvalue weighted by molar-refractivity contribution is 8.00. The van der Waals surface area contributed by atoms with Gasteiger partial charge in [-0.25, -0.2) is 0 Å². The standard InChI is InChI=1S/C40H37N3O4S/c1-27(2)28-18-20-32(21-19-28)42-40(46)37(29-12-6-4-7-13-29)48-34-24-22-33(23-25-34)41-39(45)35(26-31-16-10-11-17-36(31)47-3)43-38(44)30-14-8-5-9-15-30/h4-27,37H,1-3H3,(H,41,45)(H,42,46)(H,43,44)/b35-26-. The van der Waals surface area contributed by atoms with Gasteiger partial charge in [0.25, 0.3) is 11.8 Å². The lowest BCUT2D eigenvalue weighted by atomic mass is 10.0. The SMILES string of the molecule is COc1ccccc1/C=C(\NC(=O)c1ccccc1)C(=O)Nc1ccc(SC(C(=O)Nc2ccc(C(C)C)cc2)c2ccccc2)cc1. The molecular formula is C40H37N3O4S. The van der Waals surface area contributed by atoms with Crippen molar-refractivity contribution in [2.24, 2.45) is 0 Å². The number of thioether (sulfide) groups is 1. The average Bonchev–Trinajstić information content (AvgIpc) is 3.12. The molecule has 3 N–H and O–H groups in total. The van der Waals surface area contributed by atoms with Crippen molar-refractivity contribution in [3.05, 3.63) is 161 Å². The minimum Gasteiger partial charge on any atom is -0.496 e. The van der Waals surface area contributed by atoms with Gasteiger partial charge in [0.2, 0.25) is 5.91 Å². The van der Waals surface area contributed by atoms with E-state index in [-0.39, 0.29) is 11.6 Å². The maximum Gasteiger partial charge on any atom is 0.272 e. The molecule has 0 radical (unpaired) electrons. The Morgan fingerprint density at radius 2 is 1.25 bits per heavy atom. The quantitative estimate of drug-likeness (QED) is 0.0923. The van der Waals surface area contributed by atoms with Crippen molar-refractivity contribution in [3.8, 4) is 5.75 Å². The van der Waals surface area contributed by atoms with Crippen LogP contribution in [-0.2, 0) is 9.59 Å². The third kappa shape index (κ3) is 9.02. The second-order valence-electron chi connectivity index (χ2n) is 11.3. The summed E-state index contributed by atoms with van der Waals surface area (Å²) in [5.41, 5.74) is 4.43. The molecule has 0 saturated heterocycles. The molecule has 0 heterocycles. The summed E-state index contributed by atoms with van der Waals surface area (Å²) < 4.78 is 5.45. The molecule has 7 nitrogen and oxygen atoms in total. The first-order chi connectivity index (χ1) is 23.3. The Balaban J connectivity index is 1.33. The molecule has 48 heavy (non-hydrogen) atoms. The van der Waals surface area contributed by atoms with Gasteiger partial charge in [-0.15, -0.1) is 11.8 Å². The van der Waals surface area contributed by atoms with E-state index in [1.807, 2.05) is 84.9 Å². The molecule has 1 atom stereocenters. The molecule has 0 fully saturated rings. The van der Waals surface area contributed by atoms with Crippen LogP contribution in [0.25, 0.3) is 6.08 Å². The van der Waals surface area contributed by atoms with Gasteiger partial charge in [0, 0.05) is 27.4 Å². The molecule has 1 unspecified atom stereocenters. The third-order valence-corrected chi connectivity index (χ3v) is 8.79. The molecule has 242 valence electrons. The smallest absolute Gasteiger partial charge is 0.272 e. The largest absolute Gasteiger partial charge is 0.496 e. The van der Waals surface area contributed by atoms with Crippen LogP contribution in [0.1, 0.15) is 52.1 Å². The van der Waals surface area contributed by atoms with Crippen molar-refractivity contribution in [1.82, 2.24) is 5.32 Å². The summed E-state index contributed by atoms with van der Waals surface area (Å²) in [6.45, 7) is 4.27. The van der Waals surface area contributed by atoms with Crippen LogP contribution in [0.15, 0.2) is 144 Å². The van der Waals surface area contributed by atoms with E-state index in [4.69, 9.17) is 4.74 Å². The molecule has 0 aliphatic heterocycles. The van der Waals surface area contributed by atoms with Crippen LogP contribution in [-0.4, -0.2) is 24.8 Å². The molecule has 3 amide bonds. The fourth-order valence-electron chi connectivity index (χ4n) is 4.89. The number of methoxy groups -OCH3 is 1. The highest BCUT2D eigenvalue weighted by Gasteiger charge is 2.23. The van der Waals surface area contributed by atoms with Crippen LogP contribution in [0.3, 0.4) is 0 Å². The number of amides is 3. The fraction of sp³-hybridized carbons (Fsp3) is 0.125. The molecule has 0 bridgehead atoms. The van der Waals surface area contributed by atoms with Gasteiger partial charge in [0.1, 0.15) is 16.7 Å². The van der Waals surface area contributed by atoms with Crippen LogP contribution in [0.4, 0.5) is 11.4 Å². The predicted octanol–water partition coefficient (Wildman–Crippen LogP) is 8.70. The van der Waals surface area contributed by atoms with Crippen LogP contribution in [0, 0.1) is 0 Å². The first kappa shape index (κ1) is 33.8. The van der Waals surface area contributed by atoms with E-state index in [0.29, 0.717) is 28.5 Å². The summed E-state index contributed by atoms with van der Waals surface area (Å²) in [5.74, 6) is -0.0996. The highest BCUT2D eigenvalue weighted by Crippen LogP contribution is 2.37. The summed E-state index contributed by atoms with van der Waals surface area (Å²) in [6, 6.07) is 40.7. The second kappa shape index (κ2) is 16.3. The molecule has 0 spiro atoms. The summed E-state index contributed by atoms with van der Waals surface area (Å²) >= 11 is 1.42. The number of nitrogens with one attached hydrogen (secondary N) is 3. The van der Waals surface area contributed by atoms with Gasteiger partial charge in [-0.3, -0.25) is 14.4 Å². The third-order valence-electron chi connectivity index (χ3n) is 7.52. The molecule has 0 saturated carbocycles. The first-order valence-corrected chi connectivity index (χ1v) is 16.4. The van der Waals surface area contributed by atoms with Gasteiger partial charge in [0.15, 0.2) is 0 Å². The summed E-state index contributed by atoms with van der Waals surface area (Å²) in [6.07, 6.45) is 1.58. The van der Waals surface area contributed by atoms with Crippen LogP contribution in [0.5, 0.6) is 5.75 Å². The van der Waals surface area contributed by atoms with Crippen molar-refractivity contribution in [1.29, 1.82) is 0 Å². The van der Waals surface area contributed by atoms with Gasteiger partial charge in [-0.1, -0.05) is 92.7 Å². The number of ether oxygens (including phenoxy) is 1. The average molecular weight is 656 g/mol. The Hall–Kier alpha value is -5.60. The van der Waals surface area contributed by atoms with E-state index in [9.17, 15) is 14.4 Å². The van der Waals surface area contributed by atoms with Crippen LogP contribution >= 0.6 is 11.8 Å². The maximum atomic E-state index is 13.6. The van der Waals surface area contributed by atoms with E-state index in [1.165, 1.54) is 17.3 Å². The number of benzene rings is 5. The number of hydrogen-bond acceptors (Lipinski definition) is 5. The number of rotatable bonds is 12. The zero-order chi connectivity index (χ0) is 33.9. The number of carbonyl (C=O) groups excluding carboxylic acids is 3. The maximum absolute atomic E-state index is 13.6. The summed E-state index contributed by atoms with van der Waals surface area (Å²) in [5, 5.41) is 8.19. The molecular weight excluding hydrogens is 619 g/mol. The normalized spacial score (nSPS) is 11.8. The lowest BCUT2D eigenvalue weighted by Crippen LogP contribution is -2.30. The van der Waals surface area contributed by atoms with E-state index in [1.54, 1.807) is 61.7 Å². The van der Waals surface area contributed by atoms with E-state index < -0.39 is 17.1 Å². The van der Waals surface area contributed by atoms with Crippen LogP contribution in [0.2, 0.25) is 0 Å². The minimum atomic E-state index is -0.514. The van der Waals surface area contributed by atoms with Gasteiger partial charge in [0.05, 0.1) is 7.11 Å². The Bertz CT molecular complexity index is 1870. The number of para-hydroxylation sites is 1. The second-order valence-corrected chi connectivity index (χ2v) is 12.5. The summed E-state index contributed by atoms with van der Waals surface area (Å²) in [7, 11) is 1.55. The number of carbonyl (C=O) groups is 3. The molecule has 8 heteroatoms. The minimum absolute atomic E-state index is 0.0500. The zero-order valence-corrected chi connectivity index (χ0v) is 27.8. The molecule has 0 aromatic heterocycles. The van der Waals surface area contributed by atoms with E-state index >= 15 is 0 Å². The van der Waals surface area contributed by atoms with Crippen molar-refractivity contribution in [3.63, 3.8) is 0 Å². The predicted molar refractivity (Wildman–Crippen MR) is 194 cm³/mol. The molecule has 5 aromatic carbocycles. The fourth-order valence-corrected chi connectivity index (χ4v) is 5.92. The van der Waals surface area contributed by atoms with Crippen molar-refractivity contribution >= 4 is 46.9 Å². The topological polar surface area (TPSA) is 96.5 Å². The van der Waals surface area contributed by atoms with Crippen LogP contribution < -0.4 is 20.7 Å². The monoisotopic (exact) mass is 655 g/mol. The number of anilines is 2. The van der Waals surface area contributed by atoms with Gasteiger partial charge in [-0.05, 0) is 77.7 Å². The lowest BCUT2D eigenvalue weighted by Gasteiger charge is -2.18. The van der Waals surface area contributed by atoms with Crippen molar-refractivity contribution in [2.45, 2.75) is 29.9 Å². The Morgan fingerprint density at radius 3 is 1.90 bits per heavy atom. The Morgan fingerprint density at radius 1 is 0.667 bits per heavy atom. The molecule has 0 aliphatic carbocycles. The van der Waals surface area contributed by atoms with E-state index in [2.05, 4.69) is 29.8 Å². The molecule has 5 rings (SSSR count). The van der Waals surface area contributed by atoms with Crippen molar-refractivity contribution in [2.75, 3.05) is 17.7 Å². The van der Waals surface area contributed by atoms with E-state index in [0.717, 1.165) is 16.1 Å². The van der Waals surface area contributed by atoms with Gasteiger partial charge < -0.3 is 20.7 Å². The Labute approximate surface area is 285 Å². The lowest BCUT2D eigenvalue weighted by molar-refractivity contribution is -0.116. The summed E-state index contributed by atoms with van der Waals surface area (Å²) in [4.78, 5) is 41.0. The van der Waals surface area contributed by atoms with Crippen molar-refractivity contribution < 1.29 is 19.1 Å². The first-order valence-electron chi connectivity index (χ1n) is 15.6. The molecule has 0 aliphatic rings. The number of hydrogen-bond donors (Lipinski definition) is 3.